The highest BCUT2D eigenvalue weighted by Crippen LogP contribution is 2.38. The van der Waals surface area contributed by atoms with E-state index in [0.29, 0.717) is 0 Å². The second-order valence-corrected chi connectivity index (χ2v) is 6.80. The molecule has 0 amide bonds. The Balaban J connectivity index is 1.62. The average Bonchev–Trinajstić information content (AvgIpc) is 3.09. The average molecular weight is 250 g/mol. The third kappa shape index (κ3) is 2.60. The van der Waals surface area contributed by atoms with Crippen LogP contribution >= 0.6 is 0 Å². The van der Waals surface area contributed by atoms with Crippen molar-refractivity contribution in [2.45, 2.75) is 82.3 Å². The van der Waals surface area contributed by atoms with Crippen molar-refractivity contribution < 1.29 is 0 Å². The zero-order chi connectivity index (χ0) is 12.4. The van der Waals surface area contributed by atoms with E-state index in [1.807, 2.05) is 0 Å². The number of likely N-dealkylation sites (tertiary alicyclic amines) is 1. The van der Waals surface area contributed by atoms with E-state index in [9.17, 15) is 0 Å². The van der Waals surface area contributed by atoms with Crippen molar-refractivity contribution in [3.8, 4) is 0 Å². The Hall–Kier alpha value is -0.0800. The Kier molecular flexibility index (Phi) is 4.25. The summed E-state index contributed by atoms with van der Waals surface area (Å²) >= 11 is 0. The highest BCUT2D eigenvalue weighted by molar-refractivity contribution is 4.93. The van der Waals surface area contributed by atoms with Gasteiger partial charge in [0.2, 0.25) is 0 Å². The molecule has 0 aromatic rings. The molecule has 3 fully saturated rings. The van der Waals surface area contributed by atoms with E-state index in [-0.39, 0.29) is 0 Å². The lowest BCUT2D eigenvalue weighted by atomic mass is 9.87. The van der Waals surface area contributed by atoms with Gasteiger partial charge in [0.05, 0.1) is 0 Å². The van der Waals surface area contributed by atoms with Crippen LogP contribution in [0.1, 0.15) is 64.2 Å². The highest BCUT2D eigenvalue weighted by Gasteiger charge is 2.38. The van der Waals surface area contributed by atoms with Crippen LogP contribution in [0, 0.1) is 5.92 Å². The lowest BCUT2D eigenvalue weighted by molar-refractivity contribution is 0.0979. The fourth-order valence-electron chi connectivity index (χ4n) is 4.84. The van der Waals surface area contributed by atoms with Gasteiger partial charge in [-0.2, -0.15) is 0 Å². The van der Waals surface area contributed by atoms with Crippen LogP contribution < -0.4 is 5.32 Å². The Morgan fingerprint density at radius 1 is 0.889 bits per heavy atom. The van der Waals surface area contributed by atoms with Gasteiger partial charge in [-0.05, 0) is 64.5 Å². The molecule has 1 N–H and O–H groups in total. The first-order chi connectivity index (χ1) is 8.88. The zero-order valence-electron chi connectivity index (χ0n) is 12.0. The van der Waals surface area contributed by atoms with E-state index in [4.69, 9.17) is 0 Å². The first-order valence-electron chi connectivity index (χ1n) is 8.31. The Morgan fingerprint density at radius 3 is 2.50 bits per heavy atom. The monoisotopic (exact) mass is 250 g/mol. The molecule has 2 saturated carbocycles. The molecule has 2 heteroatoms. The summed E-state index contributed by atoms with van der Waals surface area (Å²) in [6.45, 7) is 1.39. The van der Waals surface area contributed by atoms with Gasteiger partial charge in [0.15, 0.2) is 0 Å². The molecule has 3 atom stereocenters. The predicted molar refractivity (Wildman–Crippen MR) is 76.8 cm³/mol. The number of hydrogen-bond acceptors (Lipinski definition) is 2. The molecule has 3 aliphatic rings. The van der Waals surface area contributed by atoms with Gasteiger partial charge in [0.25, 0.3) is 0 Å². The minimum absolute atomic E-state index is 0.786. The van der Waals surface area contributed by atoms with Crippen LogP contribution in [0.2, 0.25) is 0 Å². The predicted octanol–water partition coefficient (Wildman–Crippen LogP) is 3.17. The topological polar surface area (TPSA) is 15.3 Å². The van der Waals surface area contributed by atoms with E-state index in [0.717, 1.165) is 24.0 Å². The second kappa shape index (κ2) is 5.92. The Morgan fingerprint density at radius 2 is 1.72 bits per heavy atom. The SMILES string of the molecule is CNC1CCCC(N2CCCC2C2CCCC2)C1. The molecular formula is C16H30N2. The summed E-state index contributed by atoms with van der Waals surface area (Å²) in [4.78, 5) is 2.93. The number of rotatable bonds is 3. The van der Waals surface area contributed by atoms with Gasteiger partial charge < -0.3 is 5.32 Å². The van der Waals surface area contributed by atoms with E-state index >= 15 is 0 Å². The van der Waals surface area contributed by atoms with Crippen LogP contribution in [0.5, 0.6) is 0 Å². The summed E-state index contributed by atoms with van der Waals surface area (Å²) in [6.07, 6.45) is 14.7. The quantitative estimate of drug-likeness (QED) is 0.827. The highest BCUT2D eigenvalue weighted by atomic mass is 15.2. The first kappa shape index (κ1) is 12.9. The van der Waals surface area contributed by atoms with Gasteiger partial charge >= 0.3 is 0 Å². The van der Waals surface area contributed by atoms with Crippen LogP contribution in [0.4, 0.5) is 0 Å². The van der Waals surface area contributed by atoms with Crippen molar-refractivity contribution in [3.05, 3.63) is 0 Å². The molecule has 3 unspecified atom stereocenters. The lowest BCUT2D eigenvalue weighted by Gasteiger charge is -2.40. The smallest absolute Gasteiger partial charge is 0.0127 e. The third-order valence-corrected chi connectivity index (χ3v) is 5.81. The van der Waals surface area contributed by atoms with Crippen molar-refractivity contribution in [3.63, 3.8) is 0 Å². The van der Waals surface area contributed by atoms with Gasteiger partial charge in [-0.25, -0.2) is 0 Å². The largest absolute Gasteiger partial charge is 0.317 e. The van der Waals surface area contributed by atoms with Crippen LogP contribution in [0.25, 0.3) is 0 Å². The minimum atomic E-state index is 0.786. The van der Waals surface area contributed by atoms with Gasteiger partial charge in [0.1, 0.15) is 0 Å². The van der Waals surface area contributed by atoms with Gasteiger partial charge in [-0.3, -0.25) is 4.90 Å². The van der Waals surface area contributed by atoms with Crippen molar-refractivity contribution in [1.82, 2.24) is 10.2 Å². The first-order valence-corrected chi connectivity index (χ1v) is 8.31. The number of hydrogen-bond donors (Lipinski definition) is 1. The molecule has 1 aliphatic heterocycles. The maximum absolute atomic E-state index is 3.52. The molecule has 104 valence electrons. The van der Waals surface area contributed by atoms with Gasteiger partial charge in [-0.15, -0.1) is 0 Å². The molecule has 1 heterocycles. The van der Waals surface area contributed by atoms with Crippen LogP contribution in [0.15, 0.2) is 0 Å². The summed E-state index contributed by atoms with van der Waals surface area (Å²) in [5, 5.41) is 3.52. The maximum atomic E-state index is 3.52. The molecule has 0 aromatic heterocycles. The molecule has 0 bridgehead atoms. The van der Waals surface area contributed by atoms with E-state index in [2.05, 4.69) is 17.3 Å². The van der Waals surface area contributed by atoms with Crippen LogP contribution in [-0.2, 0) is 0 Å². The summed E-state index contributed by atoms with van der Waals surface area (Å²) < 4.78 is 0. The standard InChI is InChI=1S/C16H30N2/c1-17-14-8-4-9-15(12-14)18-11-5-10-16(18)13-6-2-3-7-13/h13-17H,2-12H2,1H3. The van der Waals surface area contributed by atoms with Gasteiger partial charge in [-0.1, -0.05) is 19.3 Å². The molecule has 0 radical (unpaired) electrons. The number of nitrogens with zero attached hydrogens (tertiary/aromatic N) is 1. The van der Waals surface area contributed by atoms with Crippen LogP contribution in [0.3, 0.4) is 0 Å². The summed E-state index contributed by atoms with van der Waals surface area (Å²) in [5.74, 6) is 1.04. The molecule has 2 aliphatic carbocycles. The second-order valence-electron chi connectivity index (χ2n) is 6.80. The molecule has 2 nitrogen and oxygen atoms in total. The summed E-state index contributed by atoms with van der Waals surface area (Å²) in [5.41, 5.74) is 0. The Bertz CT molecular complexity index is 260. The molecule has 1 saturated heterocycles. The molecule has 18 heavy (non-hydrogen) atoms. The van der Waals surface area contributed by atoms with E-state index < -0.39 is 0 Å². The Labute approximate surface area is 113 Å². The lowest BCUT2D eigenvalue weighted by Crippen LogP contribution is -2.47. The van der Waals surface area contributed by atoms with Crippen molar-refractivity contribution >= 4 is 0 Å². The fourth-order valence-corrected chi connectivity index (χ4v) is 4.84. The summed E-state index contributed by atoms with van der Waals surface area (Å²) in [7, 11) is 2.14. The van der Waals surface area contributed by atoms with Crippen molar-refractivity contribution in [2.24, 2.45) is 5.92 Å². The normalized spacial score (nSPS) is 39.5. The van der Waals surface area contributed by atoms with Crippen molar-refractivity contribution in [2.75, 3.05) is 13.6 Å². The van der Waals surface area contributed by atoms with Crippen molar-refractivity contribution in [1.29, 1.82) is 0 Å². The van der Waals surface area contributed by atoms with Gasteiger partial charge in [0, 0.05) is 18.1 Å². The zero-order valence-corrected chi connectivity index (χ0v) is 12.0. The molecule has 3 rings (SSSR count). The summed E-state index contributed by atoms with van der Waals surface area (Å²) in [6, 6.07) is 2.63. The molecule has 0 aromatic carbocycles. The van der Waals surface area contributed by atoms with Crippen LogP contribution in [-0.4, -0.2) is 36.6 Å². The molecular weight excluding hydrogens is 220 g/mol. The minimum Gasteiger partial charge on any atom is -0.317 e. The maximum Gasteiger partial charge on any atom is 0.0127 e. The fraction of sp³-hybridized carbons (Fsp3) is 1.00. The third-order valence-electron chi connectivity index (χ3n) is 5.81. The van der Waals surface area contributed by atoms with E-state index in [1.165, 1.54) is 70.8 Å². The molecule has 0 spiro atoms. The van der Waals surface area contributed by atoms with E-state index in [1.54, 1.807) is 0 Å². The number of nitrogens with one attached hydrogen (secondary N) is 1.